The quantitative estimate of drug-likeness (QED) is 0.498. The third-order valence-electron chi connectivity index (χ3n) is 6.14. The number of ether oxygens (including phenoxy) is 1. The smallest absolute Gasteiger partial charge is 0.377 e. The van der Waals surface area contributed by atoms with Crippen molar-refractivity contribution in [2.75, 3.05) is 29.6 Å². The molecule has 38 heavy (non-hydrogen) atoms. The van der Waals surface area contributed by atoms with E-state index in [1.807, 2.05) is 6.92 Å². The largest absolute Gasteiger partial charge is 0.408 e. The summed E-state index contributed by atoms with van der Waals surface area (Å²) in [7, 11) is 0. The van der Waals surface area contributed by atoms with Crippen molar-refractivity contribution in [3.05, 3.63) is 63.3 Å². The van der Waals surface area contributed by atoms with Crippen molar-refractivity contribution in [2.24, 2.45) is 0 Å². The summed E-state index contributed by atoms with van der Waals surface area (Å²) in [6, 6.07) is 1.78. The van der Waals surface area contributed by atoms with Crippen LogP contribution in [0.5, 0.6) is 0 Å². The van der Waals surface area contributed by atoms with Crippen molar-refractivity contribution in [3.8, 4) is 0 Å². The van der Waals surface area contributed by atoms with Crippen molar-refractivity contribution in [1.82, 2.24) is 29.3 Å². The minimum absolute atomic E-state index is 0.114. The van der Waals surface area contributed by atoms with E-state index in [1.54, 1.807) is 4.90 Å². The zero-order valence-electron chi connectivity index (χ0n) is 20.2. The van der Waals surface area contributed by atoms with E-state index < -0.39 is 37.3 Å². The zero-order chi connectivity index (χ0) is 27.4. The molecule has 5 rings (SSSR count). The lowest BCUT2D eigenvalue weighted by Crippen LogP contribution is -2.52. The van der Waals surface area contributed by atoms with Crippen LogP contribution in [0.2, 0.25) is 0 Å². The molecule has 0 bridgehead atoms. The molecule has 3 aromatic heterocycles. The summed E-state index contributed by atoms with van der Waals surface area (Å²) in [5.41, 5.74) is -0.723. The number of nitrogens with one attached hydrogen (secondary N) is 1. The Morgan fingerprint density at radius 2 is 1.97 bits per heavy atom. The first-order valence-corrected chi connectivity index (χ1v) is 11.6. The van der Waals surface area contributed by atoms with Gasteiger partial charge in [-0.05, 0) is 19.4 Å². The van der Waals surface area contributed by atoms with E-state index >= 15 is 0 Å². The van der Waals surface area contributed by atoms with Crippen LogP contribution < -0.4 is 20.9 Å². The fourth-order valence-corrected chi connectivity index (χ4v) is 4.31. The highest BCUT2D eigenvalue weighted by Crippen LogP contribution is 2.35. The predicted molar refractivity (Wildman–Crippen MR) is 125 cm³/mol. The lowest BCUT2D eigenvalue weighted by atomic mass is 10.1. The average molecular weight is 544 g/mol. The standard InChI is InChI=1S/C18H21F5N6O2.C4H4N2O/c1-11-10-31-7-6-26(11)14-8-15(30)27-5-3-13(18(21,22)23)28(17(27)25-14)9-12-2-4-24-29(12)16(19)20;7-4-1-2-5-3-6-4/h2,4,8,11,13,16H,3,5-7,9-10H2,1H3;1-3H,(H,5,6,7)/t11-,13+;/m1./s1. The molecule has 5 heterocycles. The molecule has 0 amide bonds. The van der Waals surface area contributed by atoms with E-state index in [0.717, 1.165) is 15.7 Å². The van der Waals surface area contributed by atoms with Gasteiger partial charge in [0.05, 0.1) is 37.8 Å². The van der Waals surface area contributed by atoms with Gasteiger partial charge in [0.1, 0.15) is 11.9 Å². The van der Waals surface area contributed by atoms with E-state index in [0.29, 0.717) is 24.4 Å². The van der Waals surface area contributed by atoms with Gasteiger partial charge in [-0.25, -0.2) is 9.67 Å². The maximum absolute atomic E-state index is 13.8. The first-order chi connectivity index (χ1) is 18.1. The second-order valence-corrected chi connectivity index (χ2v) is 8.64. The number of alkyl halides is 5. The average Bonchev–Trinajstić information content (AvgIpc) is 3.33. The number of morpholine rings is 1. The van der Waals surface area contributed by atoms with Gasteiger partial charge in [-0.1, -0.05) is 0 Å². The first kappa shape index (κ1) is 27.2. The van der Waals surface area contributed by atoms with Crippen molar-refractivity contribution in [3.63, 3.8) is 0 Å². The molecule has 2 aliphatic heterocycles. The number of aromatic amines is 1. The van der Waals surface area contributed by atoms with E-state index in [4.69, 9.17) is 4.74 Å². The Morgan fingerprint density at radius 3 is 2.58 bits per heavy atom. The molecule has 206 valence electrons. The van der Waals surface area contributed by atoms with Gasteiger partial charge in [-0.3, -0.25) is 14.2 Å². The first-order valence-electron chi connectivity index (χ1n) is 11.6. The Balaban J connectivity index is 0.000000417. The van der Waals surface area contributed by atoms with Crippen LogP contribution in [0.4, 0.5) is 33.7 Å². The monoisotopic (exact) mass is 544 g/mol. The van der Waals surface area contributed by atoms with Crippen molar-refractivity contribution >= 4 is 11.8 Å². The molecule has 11 nitrogen and oxygen atoms in total. The molecule has 2 atom stereocenters. The lowest BCUT2D eigenvalue weighted by Gasteiger charge is -2.40. The molecular formula is C22H25F5N8O3. The summed E-state index contributed by atoms with van der Waals surface area (Å²) in [5, 5.41) is 3.49. The molecular weight excluding hydrogens is 519 g/mol. The Bertz CT molecular complexity index is 1320. The number of aromatic nitrogens is 6. The van der Waals surface area contributed by atoms with Gasteiger partial charge in [0, 0.05) is 37.6 Å². The molecule has 1 N–H and O–H groups in total. The van der Waals surface area contributed by atoms with Crippen molar-refractivity contribution in [1.29, 1.82) is 0 Å². The number of rotatable bonds is 4. The minimum Gasteiger partial charge on any atom is -0.377 e. The second kappa shape index (κ2) is 11.3. The van der Waals surface area contributed by atoms with Crippen LogP contribution in [0.15, 0.2) is 46.5 Å². The van der Waals surface area contributed by atoms with Gasteiger partial charge in [0.2, 0.25) is 5.95 Å². The summed E-state index contributed by atoms with van der Waals surface area (Å²) < 4.78 is 74.8. The highest BCUT2D eigenvalue weighted by molar-refractivity contribution is 5.47. The molecule has 0 radical (unpaired) electrons. The lowest BCUT2D eigenvalue weighted by molar-refractivity contribution is -0.153. The third kappa shape index (κ3) is 6.00. The van der Waals surface area contributed by atoms with Crippen molar-refractivity contribution in [2.45, 2.75) is 51.2 Å². The van der Waals surface area contributed by atoms with Crippen LogP contribution in [0, 0.1) is 0 Å². The van der Waals surface area contributed by atoms with Crippen LogP contribution >= 0.6 is 0 Å². The summed E-state index contributed by atoms with van der Waals surface area (Å²) in [6.07, 6.45) is -1.14. The van der Waals surface area contributed by atoms with E-state index in [9.17, 15) is 31.5 Å². The summed E-state index contributed by atoms with van der Waals surface area (Å²) >= 11 is 0. The Labute approximate surface area is 212 Å². The normalized spacial score (nSPS) is 19.7. The third-order valence-corrected chi connectivity index (χ3v) is 6.14. The highest BCUT2D eigenvalue weighted by atomic mass is 19.4. The van der Waals surface area contributed by atoms with Crippen LogP contribution in [0.1, 0.15) is 25.6 Å². The number of nitrogens with zero attached hydrogens (tertiary/aromatic N) is 7. The number of fused-ring (bicyclic) bond motifs is 1. The minimum atomic E-state index is -4.64. The van der Waals surface area contributed by atoms with Crippen LogP contribution in [-0.4, -0.2) is 67.3 Å². The molecule has 0 aromatic carbocycles. The number of halogens is 5. The molecule has 0 unspecified atom stereocenters. The molecule has 0 aliphatic carbocycles. The van der Waals surface area contributed by atoms with Crippen molar-refractivity contribution < 1.29 is 26.7 Å². The van der Waals surface area contributed by atoms with Gasteiger partial charge in [-0.15, -0.1) is 0 Å². The Hall–Kier alpha value is -3.82. The van der Waals surface area contributed by atoms with E-state index in [-0.39, 0.29) is 35.6 Å². The zero-order valence-corrected chi connectivity index (χ0v) is 20.2. The number of hydrogen-bond acceptors (Lipinski definition) is 8. The van der Waals surface area contributed by atoms with E-state index in [2.05, 4.69) is 20.1 Å². The topological polar surface area (TPSA) is 114 Å². The molecule has 0 saturated carbocycles. The van der Waals surface area contributed by atoms with Crippen LogP contribution in [0.3, 0.4) is 0 Å². The SMILES string of the molecule is C[C@@H]1COCCN1c1cc(=O)n2c(n1)N(Cc1ccnn1C(F)F)[C@H](C(F)(F)F)CC2.O=c1ccnc[nH]1. The second-order valence-electron chi connectivity index (χ2n) is 8.64. The van der Waals surface area contributed by atoms with Crippen LogP contribution in [0.25, 0.3) is 0 Å². The maximum Gasteiger partial charge on any atom is 0.408 e. The molecule has 1 fully saturated rings. The Kier molecular flexibility index (Phi) is 8.08. The summed E-state index contributed by atoms with van der Waals surface area (Å²) in [4.78, 5) is 35.9. The number of hydrogen-bond donors (Lipinski definition) is 1. The Morgan fingerprint density at radius 1 is 1.18 bits per heavy atom. The van der Waals surface area contributed by atoms with Gasteiger partial charge in [-0.2, -0.15) is 32.0 Å². The fourth-order valence-electron chi connectivity index (χ4n) is 4.31. The molecule has 0 spiro atoms. The van der Waals surface area contributed by atoms with Gasteiger partial charge in [0.25, 0.3) is 11.1 Å². The highest BCUT2D eigenvalue weighted by Gasteiger charge is 2.47. The molecule has 2 aliphatic rings. The fraction of sp³-hybridized carbons (Fsp3) is 0.500. The van der Waals surface area contributed by atoms with Gasteiger partial charge < -0.3 is 19.5 Å². The van der Waals surface area contributed by atoms with E-state index in [1.165, 1.54) is 30.7 Å². The molecule has 16 heteroatoms. The van der Waals surface area contributed by atoms with Gasteiger partial charge in [0.15, 0.2) is 0 Å². The predicted octanol–water partition coefficient (Wildman–Crippen LogP) is 2.17. The van der Waals surface area contributed by atoms with Crippen LogP contribution in [-0.2, 0) is 17.8 Å². The molecule has 1 saturated heterocycles. The number of H-pyrrole nitrogens is 1. The number of anilines is 2. The maximum atomic E-state index is 13.8. The summed E-state index contributed by atoms with van der Waals surface area (Å²) in [5.74, 6) is 0.0408. The summed E-state index contributed by atoms with van der Waals surface area (Å²) in [6.45, 7) is -0.629. The molecule has 3 aromatic rings. The van der Waals surface area contributed by atoms with Gasteiger partial charge >= 0.3 is 12.7 Å².